The minimum absolute atomic E-state index is 0.0180. The third-order valence-corrected chi connectivity index (χ3v) is 13.7. The molecular weight excluding hydrogens is 815 g/mol. The molecule has 0 radical (unpaired) electrons. The highest BCUT2D eigenvalue weighted by molar-refractivity contribution is 5.76. The maximum absolute atomic E-state index is 12.5. The van der Waals surface area contributed by atoms with Crippen molar-refractivity contribution in [3.8, 4) is 0 Å². The van der Waals surface area contributed by atoms with E-state index in [1.807, 2.05) is 0 Å². The summed E-state index contributed by atoms with van der Waals surface area (Å²) in [7, 11) is 0. The zero-order valence-corrected chi connectivity index (χ0v) is 44.4. The number of nitrogens with one attached hydrogen (secondary N) is 1. The van der Waals surface area contributed by atoms with Crippen molar-refractivity contribution in [1.29, 1.82) is 0 Å². The molecule has 6 nitrogen and oxygen atoms in total. The number of hydrogen-bond donors (Lipinski definition) is 3. The smallest absolute Gasteiger partial charge is 0.305 e. The van der Waals surface area contributed by atoms with Crippen molar-refractivity contribution in [3.05, 3.63) is 24.3 Å². The molecule has 0 bridgehead atoms. The van der Waals surface area contributed by atoms with Crippen LogP contribution in [0.2, 0.25) is 0 Å². The Kier molecular flexibility index (Phi) is 54.5. The molecular formula is C60H115NO5. The molecule has 0 spiro atoms. The third-order valence-electron chi connectivity index (χ3n) is 13.7. The number of esters is 1. The molecule has 0 heterocycles. The van der Waals surface area contributed by atoms with Crippen LogP contribution in [0, 0.1) is 0 Å². The highest BCUT2D eigenvalue weighted by atomic mass is 16.5. The highest BCUT2D eigenvalue weighted by Crippen LogP contribution is 2.17. The number of aliphatic hydroxyl groups excluding tert-OH is 2. The summed E-state index contributed by atoms with van der Waals surface area (Å²) in [5.41, 5.74) is 0. The normalized spacial score (nSPS) is 12.7. The average molecular weight is 931 g/mol. The Hall–Kier alpha value is -1.66. The van der Waals surface area contributed by atoms with E-state index in [4.69, 9.17) is 4.74 Å². The van der Waals surface area contributed by atoms with Gasteiger partial charge in [-0.15, -0.1) is 0 Å². The minimum atomic E-state index is -0.675. The molecule has 0 aromatic rings. The van der Waals surface area contributed by atoms with Gasteiger partial charge in [0.1, 0.15) is 0 Å². The van der Waals surface area contributed by atoms with Gasteiger partial charge in [-0.1, -0.05) is 256 Å². The van der Waals surface area contributed by atoms with Crippen molar-refractivity contribution in [1.82, 2.24) is 5.32 Å². The van der Waals surface area contributed by atoms with Gasteiger partial charge in [-0.2, -0.15) is 0 Å². The summed E-state index contributed by atoms with van der Waals surface area (Å²) in [5, 5.41) is 23.3. The van der Waals surface area contributed by atoms with Crippen LogP contribution in [0.15, 0.2) is 24.3 Å². The Morgan fingerprint density at radius 2 is 0.712 bits per heavy atom. The van der Waals surface area contributed by atoms with Crippen LogP contribution in [0.4, 0.5) is 0 Å². The molecule has 66 heavy (non-hydrogen) atoms. The zero-order valence-electron chi connectivity index (χ0n) is 44.4. The lowest BCUT2D eigenvalue weighted by atomic mass is 10.0. The Bertz CT molecular complexity index is 1030. The van der Waals surface area contributed by atoms with Gasteiger partial charge in [0.15, 0.2) is 0 Å². The average Bonchev–Trinajstić information content (AvgIpc) is 3.32. The first-order valence-corrected chi connectivity index (χ1v) is 29.6. The van der Waals surface area contributed by atoms with Crippen molar-refractivity contribution in [2.24, 2.45) is 0 Å². The number of carbonyl (C=O) groups is 2. The molecule has 0 saturated heterocycles. The van der Waals surface area contributed by atoms with Gasteiger partial charge in [0, 0.05) is 12.8 Å². The van der Waals surface area contributed by atoms with Crippen LogP contribution in [0.25, 0.3) is 0 Å². The molecule has 0 aliphatic heterocycles. The van der Waals surface area contributed by atoms with E-state index >= 15 is 0 Å². The number of rotatable bonds is 55. The van der Waals surface area contributed by atoms with Crippen LogP contribution < -0.4 is 5.32 Å². The Morgan fingerprint density at radius 3 is 1.08 bits per heavy atom. The first-order valence-electron chi connectivity index (χ1n) is 29.6. The number of unbranched alkanes of at least 4 members (excludes halogenated alkanes) is 40. The van der Waals surface area contributed by atoms with E-state index in [2.05, 4.69) is 43.5 Å². The van der Waals surface area contributed by atoms with Gasteiger partial charge in [0.2, 0.25) is 5.91 Å². The van der Waals surface area contributed by atoms with Crippen LogP contribution in [0.5, 0.6) is 0 Å². The molecule has 0 saturated carbocycles. The molecule has 6 heteroatoms. The lowest BCUT2D eigenvalue weighted by molar-refractivity contribution is -0.143. The van der Waals surface area contributed by atoms with Crippen LogP contribution in [0.1, 0.15) is 322 Å². The monoisotopic (exact) mass is 930 g/mol. The molecule has 1 amide bonds. The van der Waals surface area contributed by atoms with Crippen molar-refractivity contribution < 1.29 is 24.5 Å². The Labute approximate surface area is 411 Å². The third kappa shape index (κ3) is 51.7. The van der Waals surface area contributed by atoms with E-state index in [0.717, 1.165) is 70.6 Å². The Balaban J connectivity index is 3.47. The lowest BCUT2D eigenvalue weighted by Gasteiger charge is -2.22. The number of amides is 1. The fraction of sp³-hybridized carbons (Fsp3) is 0.900. The van der Waals surface area contributed by atoms with E-state index in [-0.39, 0.29) is 18.5 Å². The summed E-state index contributed by atoms with van der Waals surface area (Å²) in [6.45, 7) is 4.92. The van der Waals surface area contributed by atoms with Crippen molar-refractivity contribution in [2.75, 3.05) is 13.2 Å². The second kappa shape index (κ2) is 55.9. The van der Waals surface area contributed by atoms with Gasteiger partial charge >= 0.3 is 5.97 Å². The quantitative estimate of drug-likeness (QED) is 0.0321. The van der Waals surface area contributed by atoms with Crippen molar-refractivity contribution in [3.63, 3.8) is 0 Å². The van der Waals surface area contributed by atoms with Crippen LogP contribution in [0.3, 0.4) is 0 Å². The molecule has 390 valence electrons. The van der Waals surface area contributed by atoms with Crippen molar-refractivity contribution >= 4 is 11.9 Å². The fourth-order valence-electron chi connectivity index (χ4n) is 9.16. The van der Waals surface area contributed by atoms with Gasteiger partial charge in [-0.25, -0.2) is 0 Å². The Morgan fingerprint density at radius 1 is 0.409 bits per heavy atom. The molecule has 0 aromatic carbocycles. The van der Waals surface area contributed by atoms with Gasteiger partial charge < -0.3 is 20.3 Å². The van der Waals surface area contributed by atoms with Gasteiger partial charge in [-0.05, 0) is 77.0 Å². The van der Waals surface area contributed by atoms with E-state index in [1.165, 1.54) is 218 Å². The number of ether oxygens (including phenoxy) is 1. The molecule has 0 aliphatic carbocycles. The van der Waals surface area contributed by atoms with Gasteiger partial charge in [0.05, 0.1) is 25.4 Å². The number of hydrogen-bond acceptors (Lipinski definition) is 5. The van der Waals surface area contributed by atoms with E-state index < -0.39 is 12.1 Å². The van der Waals surface area contributed by atoms with Crippen LogP contribution in [-0.2, 0) is 14.3 Å². The minimum Gasteiger partial charge on any atom is -0.466 e. The first-order chi connectivity index (χ1) is 32.5. The predicted octanol–water partition coefficient (Wildman–Crippen LogP) is 18.2. The lowest BCUT2D eigenvalue weighted by Crippen LogP contribution is -2.45. The summed E-state index contributed by atoms with van der Waals surface area (Å²) in [6, 6.07) is -0.554. The largest absolute Gasteiger partial charge is 0.466 e. The number of aliphatic hydroxyl groups is 2. The summed E-state index contributed by atoms with van der Waals surface area (Å²) < 4.78 is 5.45. The molecule has 0 aromatic heterocycles. The summed E-state index contributed by atoms with van der Waals surface area (Å²) >= 11 is 0. The van der Waals surface area contributed by atoms with E-state index in [1.54, 1.807) is 0 Å². The van der Waals surface area contributed by atoms with E-state index in [9.17, 15) is 19.8 Å². The maximum atomic E-state index is 12.5. The second-order valence-electron chi connectivity index (χ2n) is 20.3. The van der Waals surface area contributed by atoms with Gasteiger partial charge in [-0.3, -0.25) is 9.59 Å². The summed E-state index contributed by atoms with van der Waals surface area (Å²) in [4.78, 5) is 24.5. The van der Waals surface area contributed by atoms with Crippen molar-refractivity contribution in [2.45, 2.75) is 334 Å². The molecule has 2 atom stereocenters. The molecule has 0 fully saturated rings. The maximum Gasteiger partial charge on any atom is 0.305 e. The zero-order chi connectivity index (χ0) is 47.9. The van der Waals surface area contributed by atoms with Gasteiger partial charge in [0.25, 0.3) is 0 Å². The van der Waals surface area contributed by atoms with Crippen LogP contribution in [-0.4, -0.2) is 47.4 Å². The first kappa shape index (κ1) is 64.3. The topological polar surface area (TPSA) is 95.9 Å². The number of carbonyl (C=O) groups excluding carboxylic acids is 2. The SMILES string of the molecule is CCCCCCC/C=C\CCCCCCCC(=O)OCCCCCC/C=C\CCCCCCCCCC(=O)NC(CO)C(O)CCCCCCCCCCCCCCCCCCCCCC. The molecule has 3 N–H and O–H groups in total. The second-order valence-corrected chi connectivity index (χ2v) is 20.3. The van der Waals surface area contributed by atoms with Crippen LogP contribution >= 0.6 is 0 Å². The summed E-state index contributed by atoms with van der Waals surface area (Å²) in [5.74, 6) is -0.0659. The number of allylic oxidation sites excluding steroid dienone is 4. The summed E-state index contributed by atoms with van der Waals surface area (Å²) in [6.07, 6.45) is 67.4. The predicted molar refractivity (Wildman–Crippen MR) is 287 cm³/mol. The standard InChI is InChI=1S/C60H115NO5/c1-3-5-7-9-11-13-15-17-19-20-21-22-23-25-28-32-36-40-44-48-52-58(63)57(56-62)61-59(64)53-49-45-41-37-33-29-26-24-27-31-35-39-43-47-51-55-66-60(65)54-50-46-42-38-34-30-18-16-14-12-10-8-6-4-2/h16,18,27,31,57-58,62-63H,3-15,17,19-26,28-30,32-56H2,1-2H3,(H,61,64)/b18-16-,31-27-. The van der Waals surface area contributed by atoms with E-state index in [0.29, 0.717) is 25.9 Å². The molecule has 0 aliphatic rings. The molecule has 0 rings (SSSR count). The molecule has 2 unspecified atom stereocenters. The fourth-order valence-corrected chi connectivity index (χ4v) is 9.16. The highest BCUT2D eigenvalue weighted by Gasteiger charge is 2.20.